The number of benzene rings is 1. The van der Waals surface area contributed by atoms with Crippen molar-refractivity contribution in [2.45, 2.75) is 30.5 Å². The van der Waals surface area contributed by atoms with Crippen molar-refractivity contribution in [2.75, 3.05) is 39.2 Å². The van der Waals surface area contributed by atoms with E-state index in [0.717, 1.165) is 18.8 Å². The Labute approximate surface area is 149 Å². The first-order chi connectivity index (χ1) is 10.8. The fourth-order valence-electron chi connectivity index (χ4n) is 3.21. The molecular weight excluding hydrogens is 324 g/mol. The quantitative estimate of drug-likeness (QED) is 0.723. The first-order valence-electron chi connectivity index (χ1n) is 8.02. The van der Waals surface area contributed by atoms with Gasteiger partial charge in [-0.1, -0.05) is 26.0 Å². The summed E-state index contributed by atoms with van der Waals surface area (Å²) in [4.78, 5) is 18.1. The van der Waals surface area contributed by atoms with Crippen molar-refractivity contribution < 1.29 is 4.79 Å². The number of hydrogen-bond acceptors (Lipinski definition) is 4. The Bertz CT molecular complexity index is 528. The summed E-state index contributed by atoms with van der Waals surface area (Å²) in [5, 5.41) is 0.147. The molecule has 1 unspecified atom stereocenters. The van der Waals surface area contributed by atoms with Gasteiger partial charge >= 0.3 is 0 Å². The van der Waals surface area contributed by atoms with E-state index >= 15 is 0 Å². The number of hydrogen-bond donors (Lipinski definition) is 0. The lowest BCUT2D eigenvalue weighted by molar-refractivity contribution is -0.133. The molecule has 0 aliphatic carbocycles. The maximum atomic E-state index is 12.6. The Hall–Kier alpha value is -0.650. The minimum atomic E-state index is 0.0779. The van der Waals surface area contributed by atoms with E-state index in [1.807, 2.05) is 11.8 Å². The number of thioether (sulfide) groups is 2. The van der Waals surface area contributed by atoms with E-state index in [-0.39, 0.29) is 16.7 Å². The van der Waals surface area contributed by atoms with Crippen LogP contribution >= 0.6 is 23.5 Å². The van der Waals surface area contributed by atoms with Crippen LogP contribution in [0.3, 0.4) is 0 Å². The molecule has 1 heterocycles. The molecule has 1 aromatic rings. The van der Waals surface area contributed by atoms with Gasteiger partial charge in [0.2, 0.25) is 5.91 Å². The van der Waals surface area contributed by atoms with Crippen molar-refractivity contribution >= 4 is 29.4 Å². The van der Waals surface area contributed by atoms with Crippen LogP contribution in [0.5, 0.6) is 0 Å². The predicted octanol–water partition coefficient (Wildman–Crippen LogP) is 3.96. The molecule has 0 saturated carbocycles. The van der Waals surface area contributed by atoms with E-state index < -0.39 is 0 Å². The standard InChI is InChI=1S/C18H28N2OS2/c1-18(2,12-19(3)4)13-20-16(21)10-11-23-17(20)14-6-8-15(22-5)9-7-14/h6-9,17H,10-13H2,1-5H3. The van der Waals surface area contributed by atoms with Crippen LogP contribution in [0.25, 0.3) is 0 Å². The van der Waals surface area contributed by atoms with Gasteiger partial charge < -0.3 is 9.80 Å². The fourth-order valence-corrected chi connectivity index (χ4v) is 4.85. The number of rotatable bonds is 6. The molecule has 5 heteroatoms. The highest BCUT2D eigenvalue weighted by atomic mass is 32.2. The van der Waals surface area contributed by atoms with Crippen molar-refractivity contribution in [3.05, 3.63) is 29.8 Å². The van der Waals surface area contributed by atoms with E-state index in [9.17, 15) is 4.79 Å². The van der Waals surface area contributed by atoms with Crippen LogP contribution in [-0.2, 0) is 4.79 Å². The molecular formula is C18H28N2OS2. The number of nitrogens with zero attached hydrogens (tertiary/aromatic N) is 2. The van der Waals surface area contributed by atoms with Gasteiger partial charge in [0, 0.05) is 30.2 Å². The fraction of sp³-hybridized carbons (Fsp3) is 0.611. The zero-order chi connectivity index (χ0) is 17.0. The molecule has 0 radical (unpaired) electrons. The van der Waals surface area contributed by atoms with Gasteiger partial charge in [-0.05, 0) is 43.5 Å². The summed E-state index contributed by atoms with van der Waals surface area (Å²) in [7, 11) is 4.18. The average molecular weight is 353 g/mol. The van der Waals surface area contributed by atoms with Crippen molar-refractivity contribution in [3.8, 4) is 0 Å². The van der Waals surface area contributed by atoms with Crippen LogP contribution in [-0.4, -0.2) is 54.9 Å². The molecule has 1 aliphatic rings. The third-order valence-electron chi connectivity index (χ3n) is 3.94. The Kier molecular flexibility index (Phi) is 6.46. The van der Waals surface area contributed by atoms with Gasteiger partial charge in [0.25, 0.3) is 0 Å². The van der Waals surface area contributed by atoms with Crippen LogP contribution < -0.4 is 0 Å². The van der Waals surface area contributed by atoms with Crippen LogP contribution in [0.2, 0.25) is 0 Å². The summed E-state index contributed by atoms with van der Waals surface area (Å²) in [6.45, 7) is 6.26. The van der Waals surface area contributed by atoms with E-state index in [4.69, 9.17) is 0 Å². The largest absolute Gasteiger partial charge is 0.326 e. The summed E-state index contributed by atoms with van der Waals surface area (Å²) in [6.07, 6.45) is 2.74. The molecule has 2 rings (SSSR count). The van der Waals surface area contributed by atoms with Crippen LogP contribution in [0.1, 0.15) is 31.2 Å². The van der Waals surface area contributed by atoms with Gasteiger partial charge in [-0.3, -0.25) is 4.79 Å². The van der Waals surface area contributed by atoms with Gasteiger partial charge in [0.1, 0.15) is 5.37 Å². The molecule has 1 saturated heterocycles. The van der Waals surface area contributed by atoms with Crippen LogP contribution in [0.15, 0.2) is 29.2 Å². The van der Waals surface area contributed by atoms with E-state index in [2.05, 4.69) is 68.3 Å². The molecule has 3 nitrogen and oxygen atoms in total. The molecule has 1 amide bonds. The molecule has 128 valence electrons. The lowest BCUT2D eigenvalue weighted by Crippen LogP contribution is -2.45. The SMILES string of the molecule is CSc1ccc(C2SCCC(=O)N2CC(C)(C)CN(C)C)cc1. The van der Waals surface area contributed by atoms with Crippen LogP contribution in [0.4, 0.5) is 0 Å². The normalized spacial score (nSPS) is 19.5. The molecule has 0 N–H and O–H groups in total. The highest BCUT2D eigenvalue weighted by Crippen LogP contribution is 2.39. The lowest BCUT2D eigenvalue weighted by Gasteiger charge is -2.41. The highest BCUT2D eigenvalue weighted by Gasteiger charge is 2.34. The van der Waals surface area contributed by atoms with Crippen molar-refractivity contribution in [3.63, 3.8) is 0 Å². The van der Waals surface area contributed by atoms with Gasteiger partial charge in [0.05, 0.1) is 0 Å². The lowest BCUT2D eigenvalue weighted by atomic mass is 9.91. The van der Waals surface area contributed by atoms with E-state index in [1.54, 1.807) is 11.8 Å². The van der Waals surface area contributed by atoms with Gasteiger partial charge in [-0.2, -0.15) is 0 Å². The third-order valence-corrected chi connectivity index (χ3v) is 5.96. The molecule has 1 fully saturated rings. The maximum Gasteiger partial charge on any atom is 0.224 e. The Morgan fingerprint density at radius 3 is 2.52 bits per heavy atom. The summed E-state index contributed by atoms with van der Waals surface area (Å²) in [5.41, 5.74) is 1.32. The van der Waals surface area contributed by atoms with Crippen molar-refractivity contribution in [1.82, 2.24) is 9.80 Å². The summed E-state index contributed by atoms with van der Waals surface area (Å²) >= 11 is 3.64. The zero-order valence-corrected chi connectivity index (χ0v) is 16.5. The van der Waals surface area contributed by atoms with Crippen molar-refractivity contribution in [2.24, 2.45) is 5.41 Å². The summed E-state index contributed by atoms with van der Waals surface area (Å²) in [5.74, 6) is 1.20. The zero-order valence-electron chi connectivity index (χ0n) is 14.8. The minimum Gasteiger partial charge on any atom is -0.326 e. The molecule has 1 atom stereocenters. The Balaban J connectivity index is 2.19. The smallest absolute Gasteiger partial charge is 0.224 e. The molecule has 23 heavy (non-hydrogen) atoms. The number of carbonyl (C=O) groups excluding carboxylic acids is 1. The third kappa shape index (κ3) is 5.16. The Morgan fingerprint density at radius 1 is 1.30 bits per heavy atom. The highest BCUT2D eigenvalue weighted by molar-refractivity contribution is 7.99. The van der Waals surface area contributed by atoms with E-state index in [0.29, 0.717) is 6.42 Å². The van der Waals surface area contributed by atoms with Crippen LogP contribution in [0, 0.1) is 5.41 Å². The summed E-state index contributed by atoms with van der Waals surface area (Å²) in [6, 6.07) is 8.66. The molecule has 0 aromatic heterocycles. The molecule has 0 spiro atoms. The van der Waals surface area contributed by atoms with Gasteiger partial charge in [0.15, 0.2) is 0 Å². The topological polar surface area (TPSA) is 23.6 Å². The molecule has 1 aliphatic heterocycles. The van der Waals surface area contributed by atoms with Gasteiger partial charge in [-0.25, -0.2) is 0 Å². The van der Waals surface area contributed by atoms with Gasteiger partial charge in [-0.15, -0.1) is 23.5 Å². The Morgan fingerprint density at radius 2 is 1.96 bits per heavy atom. The minimum absolute atomic E-state index is 0.0779. The summed E-state index contributed by atoms with van der Waals surface area (Å²) < 4.78 is 0. The van der Waals surface area contributed by atoms with Crippen molar-refractivity contribution in [1.29, 1.82) is 0 Å². The molecule has 1 aromatic carbocycles. The monoisotopic (exact) mass is 352 g/mol. The average Bonchev–Trinajstić information content (AvgIpc) is 2.48. The first-order valence-corrected chi connectivity index (χ1v) is 10.3. The molecule has 0 bridgehead atoms. The second-order valence-corrected chi connectivity index (χ2v) is 9.24. The number of amides is 1. The predicted molar refractivity (Wildman–Crippen MR) is 102 cm³/mol. The number of carbonyl (C=O) groups is 1. The van der Waals surface area contributed by atoms with E-state index in [1.165, 1.54) is 10.5 Å². The first kappa shape index (κ1) is 18.7. The maximum absolute atomic E-state index is 12.6. The second kappa shape index (κ2) is 7.95. The second-order valence-electron chi connectivity index (χ2n) is 7.17.